The Morgan fingerprint density at radius 3 is 2.77 bits per heavy atom. The second-order valence-electron chi connectivity index (χ2n) is 2.28. The van der Waals surface area contributed by atoms with Gasteiger partial charge in [0.15, 0.2) is 0 Å². The van der Waals surface area contributed by atoms with Crippen molar-refractivity contribution in [2.45, 2.75) is 6.55 Å². The molecule has 0 aliphatic heterocycles. The van der Waals surface area contributed by atoms with Crippen LogP contribution in [-0.2, 0) is 0 Å². The molecule has 0 aliphatic carbocycles. The number of halogens is 3. The van der Waals surface area contributed by atoms with Crippen LogP contribution < -0.4 is 0 Å². The van der Waals surface area contributed by atoms with E-state index in [9.17, 15) is 13.2 Å². The Kier molecular flexibility index (Phi) is 2.89. The summed E-state index contributed by atoms with van der Waals surface area (Å²) in [6, 6.07) is 1.34. The average molecular weight is 188 g/mol. The lowest BCUT2D eigenvalue weighted by Gasteiger charge is -1.96. The minimum absolute atomic E-state index is 0.231. The summed E-state index contributed by atoms with van der Waals surface area (Å²) in [5.41, 5.74) is 0.483. The van der Waals surface area contributed by atoms with Crippen LogP contribution in [-0.4, -0.2) is 9.78 Å². The van der Waals surface area contributed by atoms with E-state index in [-0.39, 0.29) is 17.6 Å². The maximum absolute atomic E-state index is 12.0. The Labute approximate surface area is 73.0 Å². The molecule has 0 fully saturated rings. The lowest BCUT2D eigenvalue weighted by Crippen LogP contribution is -1.98. The second-order valence-corrected chi connectivity index (χ2v) is 2.28. The fourth-order valence-electron chi connectivity index (χ4n) is 0.779. The predicted octanol–water partition coefficient (Wildman–Crippen LogP) is 2.77. The number of aromatic nitrogens is 2. The smallest absolute Gasteiger partial charge is 0.216 e. The van der Waals surface area contributed by atoms with Gasteiger partial charge in [-0.3, -0.25) is 0 Å². The van der Waals surface area contributed by atoms with Crippen LogP contribution in [0.25, 0.3) is 5.57 Å². The number of hydrogen-bond acceptors (Lipinski definition) is 1. The highest BCUT2D eigenvalue weighted by Crippen LogP contribution is 2.14. The van der Waals surface area contributed by atoms with E-state index in [0.717, 1.165) is 12.3 Å². The summed E-state index contributed by atoms with van der Waals surface area (Å²) in [7, 11) is 0. The van der Waals surface area contributed by atoms with Crippen molar-refractivity contribution in [1.29, 1.82) is 0 Å². The molecule has 0 amide bonds. The molecule has 0 radical (unpaired) electrons. The highest BCUT2D eigenvalue weighted by Gasteiger charge is 2.07. The molecule has 0 N–H and O–H groups in total. The van der Waals surface area contributed by atoms with Gasteiger partial charge in [-0.2, -0.15) is 13.9 Å². The molecule has 70 valence electrons. The molecule has 0 unspecified atom stereocenters. The Hall–Kier alpha value is -1.52. The number of hydrogen-bond donors (Lipinski definition) is 0. The quantitative estimate of drug-likeness (QED) is 0.667. The highest BCUT2D eigenvalue weighted by molar-refractivity contribution is 5.68. The van der Waals surface area contributed by atoms with Gasteiger partial charge >= 0.3 is 6.55 Å². The molecule has 5 heteroatoms. The van der Waals surface area contributed by atoms with Gasteiger partial charge < -0.3 is 0 Å². The molecule has 0 bridgehead atoms. The van der Waals surface area contributed by atoms with E-state index >= 15 is 0 Å². The summed E-state index contributed by atoms with van der Waals surface area (Å²) < 4.78 is 36.2. The zero-order chi connectivity index (χ0) is 9.84. The molecule has 1 aromatic rings. The van der Waals surface area contributed by atoms with Gasteiger partial charge in [-0.1, -0.05) is 6.58 Å². The van der Waals surface area contributed by atoms with Gasteiger partial charge in [-0.25, -0.2) is 9.07 Å². The molecule has 0 saturated carbocycles. The third-order valence-electron chi connectivity index (χ3n) is 1.40. The second kappa shape index (κ2) is 3.93. The van der Waals surface area contributed by atoms with E-state index < -0.39 is 6.55 Å². The van der Waals surface area contributed by atoms with Crippen molar-refractivity contribution in [3.05, 3.63) is 36.9 Å². The molecule has 2 nitrogen and oxygen atoms in total. The zero-order valence-electron chi connectivity index (χ0n) is 6.62. The molecule has 0 saturated heterocycles. The summed E-state index contributed by atoms with van der Waals surface area (Å²) in [6.07, 6.45) is 2.44. The van der Waals surface area contributed by atoms with Gasteiger partial charge in [0.25, 0.3) is 0 Å². The number of rotatable bonds is 3. The number of alkyl halides is 2. The van der Waals surface area contributed by atoms with Gasteiger partial charge in [-0.05, 0) is 17.7 Å². The number of allylic oxidation sites excluding steroid dienone is 2. The van der Waals surface area contributed by atoms with Crippen molar-refractivity contribution >= 4 is 5.57 Å². The summed E-state index contributed by atoms with van der Waals surface area (Å²) in [6.45, 7) is 0.755. The van der Waals surface area contributed by atoms with Crippen LogP contribution >= 0.6 is 0 Å². The fraction of sp³-hybridized carbons (Fsp3) is 0.125. The van der Waals surface area contributed by atoms with Gasteiger partial charge in [0, 0.05) is 6.20 Å². The highest BCUT2D eigenvalue weighted by atomic mass is 19.3. The van der Waals surface area contributed by atoms with Crippen molar-refractivity contribution in [2.24, 2.45) is 0 Å². The van der Waals surface area contributed by atoms with Crippen molar-refractivity contribution in [1.82, 2.24) is 9.78 Å². The van der Waals surface area contributed by atoms with Gasteiger partial charge in [0.1, 0.15) is 0 Å². The fourth-order valence-corrected chi connectivity index (χ4v) is 0.779. The van der Waals surface area contributed by atoms with Crippen molar-refractivity contribution < 1.29 is 13.2 Å². The van der Waals surface area contributed by atoms with Gasteiger partial charge in [0.05, 0.1) is 12.0 Å². The molecule has 0 atom stereocenters. The van der Waals surface area contributed by atoms with Crippen molar-refractivity contribution in [3.8, 4) is 0 Å². The summed E-state index contributed by atoms with van der Waals surface area (Å²) >= 11 is 0. The average Bonchev–Trinajstić information content (AvgIpc) is 2.52. The van der Waals surface area contributed by atoms with E-state index in [0.29, 0.717) is 4.68 Å². The lowest BCUT2D eigenvalue weighted by atomic mass is 10.2. The third kappa shape index (κ3) is 2.21. The van der Waals surface area contributed by atoms with E-state index in [1.807, 2.05) is 0 Å². The van der Waals surface area contributed by atoms with E-state index in [2.05, 4.69) is 11.7 Å². The Morgan fingerprint density at radius 1 is 1.62 bits per heavy atom. The van der Waals surface area contributed by atoms with E-state index in [1.54, 1.807) is 0 Å². The van der Waals surface area contributed by atoms with Crippen LogP contribution in [0, 0.1) is 0 Å². The maximum atomic E-state index is 12.0. The van der Waals surface area contributed by atoms with Crippen LogP contribution in [0.2, 0.25) is 0 Å². The lowest BCUT2D eigenvalue weighted by molar-refractivity contribution is 0.0565. The Balaban J connectivity index is 2.85. The molecular formula is C8H7F3N2. The first-order chi connectivity index (χ1) is 6.15. The first-order valence-electron chi connectivity index (χ1n) is 3.44. The van der Waals surface area contributed by atoms with Crippen LogP contribution in [0.4, 0.5) is 13.2 Å². The standard InChI is InChI=1S/C8H7F3N2/c1-6(2-4-9)7-3-5-13(12-7)8(10)11/h2-5,8H,1H2/b4-2+. The van der Waals surface area contributed by atoms with Crippen LogP contribution in [0.1, 0.15) is 12.2 Å². The predicted molar refractivity (Wildman–Crippen MR) is 42.8 cm³/mol. The summed E-state index contributed by atoms with van der Waals surface area (Å²) in [5.74, 6) is 0. The number of nitrogens with zero attached hydrogens (tertiary/aromatic N) is 2. The van der Waals surface area contributed by atoms with Crippen LogP contribution in [0.15, 0.2) is 31.2 Å². The van der Waals surface area contributed by atoms with Gasteiger partial charge in [0.2, 0.25) is 0 Å². The molecule has 1 rings (SSSR count). The normalized spacial score (nSPS) is 11.4. The maximum Gasteiger partial charge on any atom is 0.333 e. The molecule has 1 heterocycles. The third-order valence-corrected chi connectivity index (χ3v) is 1.40. The first-order valence-corrected chi connectivity index (χ1v) is 3.44. The molecule has 0 aliphatic rings. The largest absolute Gasteiger partial charge is 0.333 e. The van der Waals surface area contributed by atoms with Crippen molar-refractivity contribution in [2.75, 3.05) is 0 Å². The summed E-state index contributed by atoms with van der Waals surface area (Å²) in [4.78, 5) is 0. The topological polar surface area (TPSA) is 17.8 Å². The van der Waals surface area contributed by atoms with Crippen molar-refractivity contribution in [3.63, 3.8) is 0 Å². The molecule has 0 spiro atoms. The molecule has 1 aromatic heterocycles. The van der Waals surface area contributed by atoms with E-state index in [1.165, 1.54) is 6.07 Å². The zero-order valence-corrected chi connectivity index (χ0v) is 6.62. The minimum Gasteiger partial charge on any atom is -0.216 e. The van der Waals surface area contributed by atoms with Crippen LogP contribution in [0.3, 0.4) is 0 Å². The SMILES string of the molecule is C=C(/C=C/F)c1ccn(C(F)F)n1. The van der Waals surface area contributed by atoms with Crippen LogP contribution in [0.5, 0.6) is 0 Å². The molecular weight excluding hydrogens is 181 g/mol. The first kappa shape index (κ1) is 9.57. The van der Waals surface area contributed by atoms with Gasteiger partial charge in [-0.15, -0.1) is 0 Å². The minimum atomic E-state index is -2.68. The Bertz CT molecular complexity index is 328. The molecule has 13 heavy (non-hydrogen) atoms. The Morgan fingerprint density at radius 2 is 2.31 bits per heavy atom. The monoisotopic (exact) mass is 188 g/mol. The van der Waals surface area contributed by atoms with E-state index in [4.69, 9.17) is 0 Å². The molecule has 0 aromatic carbocycles. The summed E-state index contributed by atoms with van der Waals surface area (Å²) in [5, 5.41) is 3.48.